The molecule has 1 aliphatic rings. The van der Waals surface area contributed by atoms with E-state index in [-0.39, 0.29) is 19.8 Å². The van der Waals surface area contributed by atoms with E-state index < -0.39 is 17.9 Å². The number of carbonyl (C=O) groups is 2. The number of amides is 1. The van der Waals surface area contributed by atoms with Crippen LogP contribution in [0.1, 0.15) is 31.0 Å². The maximum Gasteiger partial charge on any atom is 0.338 e. The lowest BCUT2D eigenvalue weighted by molar-refractivity contribution is -0.139. The molecule has 9 nitrogen and oxygen atoms in total. The van der Waals surface area contributed by atoms with Crippen LogP contribution in [0, 0.1) is 0 Å². The Morgan fingerprint density at radius 3 is 2.61 bits per heavy atom. The van der Waals surface area contributed by atoms with E-state index in [9.17, 15) is 9.59 Å². The molecule has 0 aliphatic carbocycles. The van der Waals surface area contributed by atoms with Gasteiger partial charge in [-0.3, -0.25) is 4.79 Å². The van der Waals surface area contributed by atoms with E-state index in [1.165, 1.54) is 6.21 Å². The smallest absolute Gasteiger partial charge is 0.338 e. The predicted molar refractivity (Wildman–Crippen MR) is 151 cm³/mol. The van der Waals surface area contributed by atoms with Crippen molar-refractivity contribution in [2.75, 3.05) is 19.8 Å². The molecule has 0 aromatic heterocycles. The Balaban J connectivity index is 1.68. The third kappa shape index (κ3) is 7.47. The third-order valence-corrected chi connectivity index (χ3v) is 5.90. The van der Waals surface area contributed by atoms with Crippen molar-refractivity contribution in [3.8, 4) is 11.5 Å². The molecule has 0 saturated heterocycles. The zero-order valence-corrected chi connectivity index (χ0v) is 23.0. The molecule has 1 atom stereocenters. The van der Waals surface area contributed by atoms with Crippen LogP contribution in [0.15, 0.2) is 65.4 Å². The number of halogens is 2. The molecule has 1 heterocycles. The fourth-order valence-electron chi connectivity index (χ4n) is 3.55. The highest BCUT2D eigenvalue weighted by Crippen LogP contribution is 2.34. The summed E-state index contributed by atoms with van der Waals surface area (Å²) in [5.74, 6) is -0.274. The first-order chi connectivity index (χ1) is 18.2. The monoisotopic (exact) mass is 576 g/mol. The molecule has 2 aromatic rings. The van der Waals surface area contributed by atoms with Crippen LogP contribution in [-0.2, 0) is 14.3 Å². The first-order valence-electron chi connectivity index (χ1n) is 11.5. The lowest BCUT2D eigenvalue weighted by Gasteiger charge is -2.30. The van der Waals surface area contributed by atoms with Crippen molar-refractivity contribution >= 4 is 58.6 Å². The highest BCUT2D eigenvalue weighted by Gasteiger charge is 2.32. The largest absolute Gasteiger partial charge is 0.486 e. The molecule has 0 spiro atoms. The molecule has 2 aromatic carbocycles. The quantitative estimate of drug-likeness (QED) is 0.118. The fraction of sp³-hybridized carbons (Fsp3) is 0.231. The summed E-state index contributed by atoms with van der Waals surface area (Å²) in [6, 6.07) is 9.58. The van der Waals surface area contributed by atoms with Gasteiger partial charge in [0, 0.05) is 11.3 Å². The Kier molecular flexibility index (Phi) is 10.5. The SMILES string of the molecule is C=CCOc1c(Cl)cc(C=NNC(=O)COc2ccccc2[C@H]2NC(=S)NC(C)=C2C(=O)OCC)cc1Cl. The second-order valence-corrected chi connectivity index (χ2v) is 9.05. The summed E-state index contributed by atoms with van der Waals surface area (Å²) < 4.78 is 16.4. The van der Waals surface area contributed by atoms with Crippen molar-refractivity contribution in [3.05, 3.63) is 81.5 Å². The standard InChI is InChI=1S/C26H26Cl2N4O5S/c1-4-10-36-24-18(27)11-16(12-19(24)28)13-29-32-21(33)14-37-20-9-7-6-8-17(20)23-22(25(34)35-5-2)15(3)30-26(38)31-23/h4,6-9,11-13,23H,1,5,10,14H2,2-3H3,(H,32,33)(H2,30,31,38)/t23-/m1/s1. The summed E-state index contributed by atoms with van der Waals surface area (Å²) in [6.07, 6.45) is 2.97. The summed E-state index contributed by atoms with van der Waals surface area (Å²) in [5, 5.41) is 10.9. The van der Waals surface area contributed by atoms with Crippen LogP contribution in [0.3, 0.4) is 0 Å². The Hall–Kier alpha value is -3.60. The van der Waals surface area contributed by atoms with Gasteiger partial charge in [-0.05, 0) is 49.8 Å². The highest BCUT2D eigenvalue weighted by atomic mass is 35.5. The van der Waals surface area contributed by atoms with Crippen molar-refractivity contribution in [3.63, 3.8) is 0 Å². The summed E-state index contributed by atoms with van der Waals surface area (Å²) in [5.41, 5.74) is 4.49. The average molecular weight is 577 g/mol. The van der Waals surface area contributed by atoms with Crippen molar-refractivity contribution in [1.82, 2.24) is 16.1 Å². The topological polar surface area (TPSA) is 110 Å². The number of allylic oxidation sites excluding steroid dienone is 1. The van der Waals surface area contributed by atoms with E-state index in [1.54, 1.807) is 56.3 Å². The Bertz CT molecular complexity index is 1280. The summed E-state index contributed by atoms with van der Waals surface area (Å²) in [7, 11) is 0. The summed E-state index contributed by atoms with van der Waals surface area (Å²) in [6.45, 7) is 7.19. The number of rotatable bonds is 11. The number of hydrazone groups is 1. The predicted octanol–water partition coefficient (Wildman–Crippen LogP) is 4.44. The molecule has 200 valence electrons. The Morgan fingerprint density at radius 2 is 1.92 bits per heavy atom. The van der Waals surface area contributed by atoms with Gasteiger partial charge in [-0.2, -0.15) is 5.10 Å². The molecule has 1 amide bonds. The van der Waals surface area contributed by atoms with Crippen LogP contribution in [-0.4, -0.2) is 43.0 Å². The van der Waals surface area contributed by atoms with Crippen molar-refractivity contribution in [1.29, 1.82) is 0 Å². The van der Waals surface area contributed by atoms with E-state index in [0.717, 1.165) is 0 Å². The number of hydrogen-bond acceptors (Lipinski definition) is 7. The first kappa shape index (κ1) is 29.0. The molecule has 0 unspecified atom stereocenters. The van der Waals surface area contributed by atoms with E-state index >= 15 is 0 Å². The maximum absolute atomic E-state index is 12.7. The number of ether oxygens (including phenoxy) is 3. The summed E-state index contributed by atoms with van der Waals surface area (Å²) >= 11 is 17.7. The van der Waals surface area contributed by atoms with Gasteiger partial charge in [-0.15, -0.1) is 0 Å². The molecular formula is C26H26Cl2N4O5S. The number of esters is 1. The number of thiocarbonyl (C=S) groups is 1. The van der Waals surface area contributed by atoms with Gasteiger partial charge >= 0.3 is 5.97 Å². The third-order valence-electron chi connectivity index (χ3n) is 5.12. The molecule has 12 heteroatoms. The number of para-hydroxylation sites is 1. The molecular weight excluding hydrogens is 551 g/mol. The van der Waals surface area contributed by atoms with Crippen LogP contribution in [0.4, 0.5) is 0 Å². The van der Waals surface area contributed by atoms with Crippen LogP contribution in [0.25, 0.3) is 0 Å². The molecule has 0 saturated carbocycles. The van der Waals surface area contributed by atoms with Crippen LogP contribution in [0.2, 0.25) is 10.0 Å². The minimum atomic E-state index is -0.631. The zero-order valence-electron chi connectivity index (χ0n) is 20.7. The van der Waals surface area contributed by atoms with Crippen LogP contribution >= 0.6 is 35.4 Å². The Morgan fingerprint density at radius 1 is 1.21 bits per heavy atom. The van der Waals surface area contributed by atoms with Gasteiger partial charge in [-0.1, -0.05) is 54.1 Å². The number of nitrogens with one attached hydrogen (secondary N) is 3. The van der Waals surface area contributed by atoms with E-state index in [0.29, 0.717) is 49.1 Å². The van der Waals surface area contributed by atoms with Gasteiger partial charge in [0.05, 0.1) is 34.5 Å². The second kappa shape index (κ2) is 13.8. The average Bonchev–Trinajstić information content (AvgIpc) is 2.87. The minimum absolute atomic E-state index is 0.220. The van der Waals surface area contributed by atoms with Gasteiger partial charge in [-0.25, -0.2) is 10.2 Å². The van der Waals surface area contributed by atoms with Crippen molar-refractivity contribution < 1.29 is 23.8 Å². The second-order valence-electron chi connectivity index (χ2n) is 7.82. The maximum atomic E-state index is 12.7. The molecule has 3 N–H and O–H groups in total. The molecule has 0 bridgehead atoms. The molecule has 3 rings (SSSR count). The Labute approximate surface area is 235 Å². The van der Waals surface area contributed by atoms with E-state index in [1.807, 2.05) is 0 Å². The number of hydrogen-bond donors (Lipinski definition) is 3. The number of benzene rings is 2. The zero-order chi connectivity index (χ0) is 27.7. The van der Waals surface area contributed by atoms with Crippen LogP contribution in [0.5, 0.6) is 11.5 Å². The first-order valence-corrected chi connectivity index (χ1v) is 12.6. The minimum Gasteiger partial charge on any atom is -0.486 e. The molecule has 38 heavy (non-hydrogen) atoms. The number of carbonyl (C=O) groups excluding carboxylic acids is 2. The van der Waals surface area contributed by atoms with E-state index in [2.05, 4.69) is 27.7 Å². The number of nitrogens with zero attached hydrogens (tertiary/aromatic N) is 1. The van der Waals surface area contributed by atoms with Gasteiger partial charge in [0.1, 0.15) is 12.4 Å². The van der Waals surface area contributed by atoms with E-state index in [4.69, 9.17) is 49.6 Å². The molecule has 1 aliphatic heterocycles. The lowest BCUT2D eigenvalue weighted by atomic mass is 9.95. The van der Waals surface area contributed by atoms with Gasteiger partial charge < -0.3 is 24.8 Å². The highest BCUT2D eigenvalue weighted by molar-refractivity contribution is 7.80. The molecule has 0 radical (unpaired) electrons. The van der Waals surface area contributed by atoms with Crippen molar-refractivity contribution in [2.24, 2.45) is 5.10 Å². The summed E-state index contributed by atoms with van der Waals surface area (Å²) in [4.78, 5) is 25.1. The molecule has 0 fully saturated rings. The van der Waals surface area contributed by atoms with Crippen LogP contribution < -0.4 is 25.5 Å². The van der Waals surface area contributed by atoms with Gasteiger partial charge in [0.2, 0.25) is 0 Å². The normalized spacial score (nSPS) is 14.9. The lowest BCUT2D eigenvalue weighted by Crippen LogP contribution is -2.45. The van der Waals surface area contributed by atoms with Gasteiger partial charge in [0.15, 0.2) is 17.5 Å². The van der Waals surface area contributed by atoms with Crippen molar-refractivity contribution in [2.45, 2.75) is 19.9 Å². The fourth-order valence-corrected chi connectivity index (χ4v) is 4.43. The van der Waals surface area contributed by atoms with Gasteiger partial charge in [0.25, 0.3) is 5.91 Å².